The fourth-order valence-corrected chi connectivity index (χ4v) is 1.30. The molecule has 0 fully saturated rings. The normalized spacial score (nSPS) is 15.5. The standard InChI is InChI=1S/C11H22O2/c1-9(2)6-5-7-10(3)11(4)13-8-12/h8-11H,5-7H2,1-4H3. The first kappa shape index (κ1) is 12.5. The van der Waals surface area contributed by atoms with Gasteiger partial charge < -0.3 is 4.74 Å². The van der Waals surface area contributed by atoms with Crippen LogP contribution in [0.2, 0.25) is 0 Å². The maximum atomic E-state index is 10.1. The molecule has 2 heteroatoms. The number of hydrogen-bond donors (Lipinski definition) is 0. The fraction of sp³-hybridized carbons (Fsp3) is 0.909. The lowest BCUT2D eigenvalue weighted by Gasteiger charge is -2.18. The van der Waals surface area contributed by atoms with E-state index in [0.717, 1.165) is 12.3 Å². The van der Waals surface area contributed by atoms with Crippen LogP contribution in [0.5, 0.6) is 0 Å². The van der Waals surface area contributed by atoms with Gasteiger partial charge in [0.15, 0.2) is 0 Å². The Kier molecular flexibility index (Phi) is 6.65. The Labute approximate surface area is 81.7 Å². The molecule has 0 aromatic rings. The summed E-state index contributed by atoms with van der Waals surface area (Å²) in [4.78, 5) is 10.1. The highest BCUT2D eigenvalue weighted by atomic mass is 16.5. The van der Waals surface area contributed by atoms with E-state index in [4.69, 9.17) is 4.74 Å². The van der Waals surface area contributed by atoms with Crippen LogP contribution in [0.3, 0.4) is 0 Å². The van der Waals surface area contributed by atoms with Crippen LogP contribution >= 0.6 is 0 Å². The first-order valence-corrected chi connectivity index (χ1v) is 5.17. The van der Waals surface area contributed by atoms with Crippen LogP contribution in [-0.2, 0) is 9.53 Å². The third kappa shape index (κ3) is 6.62. The van der Waals surface area contributed by atoms with Crippen molar-refractivity contribution in [1.82, 2.24) is 0 Å². The molecule has 0 rings (SSSR count). The van der Waals surface area contributed by atoms with Gasteiger partial charge in [0.25, 0.3) is 6.47 Å². The van der Waals surface area contributed by atoms with Gasteiger partial charge in [0.2, 0.25) is 0 Å². The van der Waals surface area contributed by atoms with Gasteiger partial charge in [-0.1, -0.05) is 33.6 Å². The Balaban J connectivity index is 3.48. The van der Waals surface area contributed by atoms with Crippen molar-refractivity contribution >= 4 is 6.47 Å². The van der Waals surface area contributed by atoms with Crippen LogP contribution < -0.4 is 0 Å². The maximum absolute atomic E-state index is 10.1. The summed E-state index contributed by atoms with van der Waals surface area (Å²) in [6, 6.07) is 0. The molecule has 78 valence electrons. The summed E-state index contributed by atoms with van der Waals surface area (Å²) in [7, 11) is 0. The zero-order chi connectivity index (χ0) is 10.3. The lowest BCUT2D eigenvalue weighted by atomic mass is 9.96. The number of rotatable bonds is 7. The van der Waals surface area contributed by atoms with Crippen LogP contribution in [0.4, 0.5) is 0 Å². The van der Waals surface area contributed by atoms with Crippen molar-refractivity contribution in [2.45, 2.75) is 53.1 Å². The van der Waals surface area contributed by atoms with E-state index in [0.29, 0.717) is 12.4 Å². The van der Waals surface area contributed by atoms with E-state index in [1.807, 2.05) is 6.92 Å². The highest BCUT2D eigenvalue weighted by Gasteiger charge is 2.12. The number of hydrogen-bond acceptors (Lipinski definition) is 2. The molecule has 0 N–H and O–H groups in total. The third-order valence-electron chi connectivity index (χ3n) is 2.51. The zero-order valence-electron chi connectivity index (χ0n) is 9.25. The van der Waals surface area contributed by atoms with Gasteiger partial charge in [-0.25, -0.2) is 0 Å². The van der Waals surface area contributed by atoms with E-state index in [1.54, 1.807) is 0 Å². The highest BCUT2D eigenvalue weighted by Crippen LogP contribution is 2.16. The average Bonchev–Trinajstić information content (AvgIpc) is 2.04. The maximum Gasteiger partial charge on any atom is 0.293 e. The van der Waals surface area contributed by atoms with E-state index in [2.05, 4.69) is 20.8 Å². The van der Waals surface area contributed by atoms with Crippen molar-refractivity contribution in [3.63, 3.8) is 0 Å². The summed E-state index contributed by atoms with van der Waals surface area (Å²) < 4.78 is 4.88. The minimum absolute atomic E-state index is 0.0599. The molecule has 0 saturated heterocycles. The molecule has 0 heterocycles. The third-order valence-corrected chi connectivity index (χ3v) is 2.51. The average molecular weight is 186 g/mol. The monoisotopic (exact) mass is 186 g/mol. The number of carbonyl (C=O) groups excluding carboxylic acids is 1. The largest absolute Gasteiger partial charge is 0.465 e. The topological polar surface area (TPSA) is 26.3 Å². The van der Waals surface area contributed by atoms with Crippen molar-refractivity contribution in [1.29, 1.82) is 0 Å². The Bertz CT molecular complexity index is 132. The molecule has 2 unspecified atom stereocenters. The van der Waals surface area contributed by atoms with Gasteiger partial charge in [0.05, 0.1) is 0 Å². The van der Waals surface area contributed by atoms with Gasteiger partial charge >= 0.3 is 0 Å². The lowest BCUT2D eigenvalue weighted by Crippen LogP contribution is -2.17. The molecule has 0 spiro atoms. The highest BCUT2D eigenvalue weighted by molar-refractivity contribution is 5.37. The molecule has 0 aromatic heterocycles. The van der Waals surface area contributed by atoms with Crippen molar-refractivity contribution < 1.29 is 9.53 Å². The van der Waals surface area contributed by atoms with Gasteiger partial charge in [0, 0.05) is 0 Å². The van der Waals surface area contributed by atoms with E-state index in [9.17, 15) is 4.79 Å². The van der Waals surface area contributed by atoms with E-state index < -0.39 is 0 Å². The molecule has 13 heavy (non-hydrogen) atoms. The smallest absolute Gasteiger partial charge is 0.293 e. The second-order valence-electron chi connectivity index (χ2n) is 4.24. The summed E-state index contributed by atoms with van der Waals surface area (Å²) in [5, 5.41) is 0. The molecule has 0 aliphatic carbocycles. The molecular formula is C11H22O2. The van der Waals surface area contributed by atoms with Crippen molar-refractivity contribution in [3.8, 4) is 0 Å². The molecule has 0 aromatic carbocycles. The van der Waals surface area contributed by atoms with Crippen LogP contribution in [0.1, 0.15) is 47.0 Å². The second-order valence-corrected chi connectivity index (χ2v) is 4.24. The van der Waals surface area contributed by atoms with Crippen LogP contribution in [0.25, 0.3) is 0 Å². The van der Waals surface area contributed by atoms with Gasteiger partial charge in [-0.05, 0) is 25.2 Å². The Morgan fingerprint density at radius 1 is 1.15 bits per heavy atom. The quantitative estimate of drug-likeness (QED) is 0.571. The predicted molar refractivity (Wildman–Crippen MR) is 54.5 cm³/mol. The summed E-state index contributed by atoms with van der Waals surface area (Å²) in [6.45, 7) is 9.10. The summed E-state index contributed by atoms with van der Waals surface area (Å²) in [6.07, 6.45) is 3.70. The van der Waals surface area contributed by atoms with Gasteiger partial charge in [0.1, 0.15) is 6.10 Å². The first-order valence-electron chi connectivity index (χ1n) is 5.17. The number of carbonyl (C=O) groups is 1. The molecule has 0 aliphatic rings. The first-order chi connectivity index (χ1) is 6.07. The Morgan fingerprint density at radius 3 is 2.23 bits per heavy atom. The Morgan fingerprint density at radius 2 is 1.77 bits per heavy atom. The zero-order valence-corrected chi connectivity index (χ0v) is 9.25. The predicted octanol–water partition coefficient (Wildman–Crippen LogP) is 3.01. The summed E-state index contributed by atoms with van der Waals surface area (Å²) in [5.74, 6) is 1.25. The van der Waals surface area contributed by atoms with E-state index in [-0.39, 0.29) is 6.10 Å². The second kappa shape index (κ2) is 6.93. The lowest BCUT2D eigenvalue weighted by molar-refractivity contribution is -0.135. The van der Waals surface area contributed by atoms with Crippen LogP contribution in [-0.4, -0.2) is 12.6 Å². The molecule has 0 radical (unpaired) electrons. The van der Waals surface area contributed by atoms with Crippen LogP contribution in [0.15, 0.2) is 0 Å². The van der Waals surface area contributed by atoms with Gasteiger partial charge in [-0.2, -0.15) is 0 Å². The Hall–Kier alpha value is -0.530. The molecule has 0 saturated carbocycles. The molecule has 0 bridgehead atoms. The van der Waals surface area contributed by atoms with E-state index in [1.165, 1.54) is 12.8 Å². The minimum atomic E-state index is 0.0599. The fourth-order valence-electron chi connectivity index (χ4n) is 1.30. The number of ether oxygens (including phenoxy) is 1. The van der Waals surface area contributed by atoms with Crippen LogP contribution in [0, 0.1) is 11.8 Å². The van der Waals surface area contributed by atoms with Gasteiger partial charge in [-0.15, -0.1) is 0 Å². The van der Waals surface area contributed by atoms with Crippen molar-refractivity contribution in [3.05, 3.63) is 0 Å². The minimum Gasteiger partial charge on any atom is -0.465 e. The molecule has 0 aliphatic heterocycles. The van der Waals surface area contributed by atoms with Crippen molar-refractivity contribution in [2.75, 3.05) is 0 Å². The summed E-state index contributed by atoms with van der Waals surface area (Å²) in [5.41, 5.74) is 0. The summed E-state index contributed by atoms with van der Waals surface area (Å²) >= 11 is 0. The molecule has 0 amide bonds. The van der Waals surface area contributed by atoms with E-state index >= 15 is 0 Å². The molecular weight excluding hydrogens is 164 g/mol. The SMILES string of the molecule is CC(C)CCCC(C)C(C)OC=O. The van der Waals surface area contributed by atoms with Gasteiger partial charge in [-0.3, -0.25) is 4.79 Å². The molecule has 2 nitrogen and oxygen atoms in total. The molecule has 2 atom stereocenters. The van der Waals surface area contributed by atoms with Crippen molar-refractivity contribution in [2.24, 2.45) is 11.8 Å².